The van der Waals surface area contributed by atoms with Crippen LogP contribution in [0.3, 0.4) is 0 Å². The molecule has 1 aliphatic rings. The number of rotatable bonds is 14. The molecule has 1 unspecified atom stereocenters. The van der Waals surface area contributed by atoms with Crippen LogP contribution in [0.1, 0.15) is 82.7 Å². The Balaban J connectivity index is 1.64. The van der Waals surface area contributed by atoms with Crippen LogP contribution in [0, 0.1) is 0 Å². The number of aliphatic carboxylic acids is 1. The summed E-state index contributed by atoms with van der Waals surface area (Å²) in [5.74, 6) is -1.20. The summed E-state index contributed by atoms with van der Waals surface area (Å²) in [6, 6.07) is 6.91. The van der Waals surface area contributed by atoms with Gasteiger partial charge in [0, 0.05) is 19.6 Å². The molecule has 1 heterocycles. The molecule has 2 N–H and O–H groups in total. The first-order chi connectivity index (χ1) is 15.5. The Morgan fingerprint density at radius 2 is 1.53 bits per heavy atom. The molecule has 7 heteroatoms. The van der Waals surface area contributed by atoms with Crippen LogP contribution in [0.15, 0.2) is 30.3 Å². The van der Waals surface area contributed by atoms with E-state index in [4.69, 9.17) is 0 Å². The summed E-state index contributed by atoms with van der Waals surface area (Å²) < 4.78 is 0. The van der Waals surface area contributed by atoms with Crippen LogP contribution in [-0.4, -0.2) is 59.0 Å². The number of unbranched alkanes of at least 4 members (excludes halogenated alkanes) is 9. The summed E-state index contributed by atoms with van der Waals surface area (Å²) >= 11 is 0. The van der Waals surface area contributed by atoms with Gasteiger partial charge in [-0.2, -0.15) is 0 Å². The molecule has 2 rings (SSSR count). The number of piperazine rings is 1. The Labute approximate surface area is 192 Å². The predicted octanol–water partition coefficient (Wildman–Crippen LogP) is 4.59. The molecular weight excluding hydrogens is 406 g/mol. The number of urea groups is 1. The topological polar surface area (TPSA) is 89.9 Å². The highest BCUT2D eigenvalue weighted by atomic mass is 16.4. The van der Waals surface area contributed by atoms with E-state index in [1.165, 1.54) is 56.3 Å². The maximum Gasteiger partial charge on any atom is 0.330 e. The molecule has 0 aromatic heterocycles. The second kappa shape index (κ2) is 14.5. The fourth-order valence-electron chi connectivity index (χ4n) is 4.06. The molecule has 0 bridgehead atoms. The maximum absolute atomic E-state index is 12.6. The number of hydrogen-bond donors (Lipinski definition) is 2. The standard InChI is InChI=1S/C25H39N3O4/c1-2-3-4-5-6-7-8-9-10-14-17-27-18-19-28(20-22(27)29)25(32)26-23(24(30)31)21-15-12-11-13-16-21/h11-13,15-16,23H,2-10,14,17-20H2,1H3,(H,26,32)(H,30,31). The lowest BCUT2D eigenvalue weighted by molar-refractivity contribution is -0.139. The number of carbonyl (C=O) groups excluding carboxylic acids is 2. The van der Waals surface area contributed by atoms with Gasteiger partial charge in [-0.3, -0.25) is 4.79 Å². The molecule has 0 spiro atoms. The minimum absolute atomic E-state index is 0.00920. The van der Waals surface area contributed by atoms with Crippen LogP contribution in [-0.2, 0) is 9.59 Å². The molecule has 1 aliphatic heterocycles. The van der Waals surface area contributed by atoms with Crippen molar-refractivity contribution in [2.24, 2.45) is 0 Å². The highest BCUT2D eigenvalue weighted by molar-refractivity contribution is 5.88. The Kier molecular flexibility index (Phi) is 11.6. The molecular formula is C25H39N3O4. The van der Waals surface area contributed by atoms with Crippen molar-refractivity contribution in [2.75, 3.05) is 26.2 Å². The average molecular weight is 446 g/mol. The van der Waals surface area contributed by atoms with E-state index >= 15 is 0 Å². The zero-order chi connectivity index (χ0) is 23.2. The Morgan fingerprint density at radius 3 is 2.09 bits per heavy atom. The average Bonchev–Trinajstić information content (AvgIpc) is 2.79. The lowest BCUT2D eigenvalue weighted by Gasteiger charge is -2.35. The van der Waals surface area contributed by atoms with E-state index in [9.17, 15) is 19.5 Å². The number of amides is 3. The van der Waals surface area contributed by atoms with Crippen LogP contribution < -0.4 is 5.32 Å². The van der Waals surface area contributed by atoms with Gasteiger partial charge in [0.1, 0.15) is 6.54 Å². The van der Waals surface area contributed by atoms with E-state index in [2.05, 4.69) is 12.2 Å². The normalized spacial score (nSPS) is 15.0. The van der Waals surface area contributed by atoms with Crippen molar-refractivity contribution in [3.8, 4) is 0 Å². The van der Waals surface area contributed by atoms with Gasteiger partial charge in [0.05, 0.1) is 0 Å². The first-order valence-corrected chi connectivity index (χ1v) is 12.1. The first-order valence-electron chi connectivity index (χ1n) is 12.1. The molecule has 1 aromatic carbocycles. The molecule has 7 nitrogen and oxygen atoms in total. The van der Waals surface area contributed by atoms with Crippen LogP contribution in [0.2, 0.25) is 0 Å². The van der Waals surface area contributed by atoms with Crippen LogP contribution in [0.4, 0.5) is 4.79 Å². The van der Waals surface area contributed by atoms with Crippen LogP contribution in [0.25, 0.3) is 0 Å². The van der Waals surface area contributed by atoms with Crippen molar-refractivity contribution in [1.29, 1.82) is 0 Å². The summed E-state index contributed by atoms with van der Waals surface area (Å²) in [6.45, 7) is 3.86. The third kappa shape index (κ3) is 8.89. The molecule has 3 amide bonds. The molecule has 178 valence electrons. The summed E-state index contributed by atoms with van der Waals surface area (Å²) in [6.07, 6.45) is 12.5. The van der Waals surface area contributed by atoms with E-state index in [1.54, 1.807) is 30.3 Å². The molecule has 1 atom stereocenters. The van der Waals surface area contributed by atoms with E-state index in [1.807, 2.05) is 4.90 Å². The minimum Gasteiger partial charge on any atom is -0.479 e. The largest absolute Gasteiger partial charge is 0.479 e. The fourth-order valence-corrected chi connectivity index (χ4v) is 4.06. The van der Waals surface area contributed by atoms with Crippen molar-refractivity contribution in [3.05, 3.63) is 35.9 Å². The molecule has 0 aliphatic carbocycles. The van der Waals surface area contributed by atoms with E-state index < -0.39 is 18.0 Å². The highest BCUT2D eigenvalue weighted by Crippen LogP contribution is 2.15. The maximum atomic E-state index is 12.6. The molecule has 0 saturated carbocycles. The Hall–Kier alpha value is -2.57. The van der Waals surface area contributed by atoms with Crippen LogP contribution in [0.5, 0.6) is 0 Å². The first kappa shape index (κ1) is 25.7. The van der Waals surface area contributed by atoms with Crippen LogP contribution >= 0.6 is 0 Å². The zero-order valence-electron chi connectivity index (χ0n) is 19.4. The number of benzene rings is 1. The Bertz CT molecular complexity index is 710. The summed E-state index contributed by atoms with van der Waals surface area (Å²) in [5.41, 5.74) is 0.499. The fraction of sp³-hybridized carbons (Fsp3) is 0.640. The third-order valence-electron chi connectivity index (χ3n) is 6.04. The second-order valence-corrected chi connectivity index (χ2v) is 8.62. The SMILES string of the molecule is CCCCCCCCCCCCN1CCN(C(=O)NC(C(=O)O)c2ccccc2)CC1=O. The molecule has 1 saturated heterocycles. The summed E-state index contributed by atoms with van der Waals surface area (Å²) in [4.78, 5) is 39.9. The molecule has 1 fully saturated rings. The van der Waals surface area contributed by atoms with Gasteiger partial charge in [0.25, 0.3) is 0 Å². The smallest absolute Gasteiger partial charge is 0.330 e. The number of carbonyl (C=O) groups is 3. The summed E-state index contributed by atoms with van der Waals surface area (Å²) in [7, 11) is 0. The lowest BCUT2D eigenvalue weighted by atomic mass is 10.1. The van der Waals surface area contributed by atoms with Gasteiger partial charge in [-0.1, -0.05) is 95.0 Å². The third-order valence-corrected chi connectivity index (χ3v) is 6.04. The number of carboxylic acid groups (broad SMARTS) is 1. The number of hydrogen-bond acceptors (Lipinski definition) is 3. The molecule has 0 radical (unpaired) electrons. The lowest BCUT2D eigenvalue weighted by Crippen LogP contribution is -2.55. The van der Waals surface area contributed by atoms with Crippen molar-refractivity contribution in [2.45, 2.75) is 77.2 Å². The monoisotopic (exact) mass is 445 g/mol. The molecule has 1 aromatic rings. The van der Waals surface area contributed by atoms with Crippen molar-refractivity contribution in [1.82, 2.24) is 15.1 Å². The second-order valence-electron chi connectivity index (χ2n) is 8.62. The molecule has 32 heavy (non-hydrogen) atoms. The highest BCUT2D eigenvalue weighted by Gasteiger charge is 2.30. The van der Waals surface area contributed by atoms with Gasteiger partial charge in [-0.15, -0.1) is 0 Å². The van der Waals surface area contributed by atoms with Crippen molar-refractivity contribution >= 4 is 17.9 Å². The number of carboxylic acids is 1. The Morgan fingerprint density at radius 1 is 0.938 bits per heavy atom. The van der Waals surface area contributed by atoms with Gasteiger partial charge >= 0.3 is 12.0 Å². The number of nitrogens with one attached hydrogen (secondary N) is 1. The van der Waals surface area contributed by atoms with Gasteiger partial charge in [-0.25, -0.2) is 9.59 Å². The van der Waals surface area contributed by atoms with Gasteiger partial charge < -0.3 is 20.2 Å². The summed E-state index contributed by atoms with van der Waals surface area (Å²) in [5, 5.41) is 12.0. The quantitative estimate of drug-likeness (QED) is 0.410. The van der Waals surface area contributed by atoms with Gasteiger partial charge in [0.2, 0.25) is 5.91 Å². The zero-order valence-corrected chi connectivity index (χ0v) is 19.4. The van der Waals surface area contributed by atoms with Gasteiger partial charge in [0.15, 0.2) is 6.04 Å². The van der Waals surface area contributed by atoms with Gasteiger partial charge in [-0.05, 0) is 12.0 Å². The van der Waals surface area contributed by atoms with E-state index in [0.29, 0.717) is 18.7 Å². The predicted molar refractivity (Wildman–Crippen MR) is 125 cm³/mol. The van der Waals surface area contributed by atoms with E-state index in [-0.39, 0.29) is 12.5 Å². The minimum atomic E-state index is -1.14. The van der Waals surface area contributed by atoms with E-state index in [0.717, 1.165) is 19.4 Å². The van der Waals surface area contributed by atoms with Crippen molar-refractivity contribution < 1.29 is 19.5 Å². The number of nitrogens with zero attached hydrogens (tertiary/aromatic N) is 2. The van der Waals surface area contributed by atoms with Crippen molar-refractivity contribution in [3.63, 3.8) is 0 Å².